The van der Waals surface area contributed by atoms with Crippen LogP contribution in [0.4, 0.5) is 0 Å². The molecule has 0 heteroatoms. The standard InChI is InChI=1S/C46H28/c1-2-13-37-31(9-1)23-24-35-27-43(40-16-5-6-17-41(40)45(35)37)33-11-7-10-32(25-33)29-19-21-30(22-20-29)36-26-34-12-8-18-42-38-14-3-4-15-39(38)44(28-36)46(34)42/h1-28H. The zero-order valence-corrected chi connectivity index (χ0v) is 25.2. The average molecular weight is 581 g/mol. The van der Waals surface area contributed by atoms with Gasteiger partial charge in [-0.25, -0.2) is 0 Å². The SMILES string of the molecule is c1cc(-c2ccc(-c3cc4c5c(cccc5c3)-c3ccccc3-4)cc2)cc(-c2cc3ccc4ccccc4c3c3ccccc23)c1. The Morgan fingerprint density at radius 1 is 0.217 bits per heavy atom. The van der Waals surface area contributed by atoms with Crippen LogP contribution in [-0.2, 0) is 0 Å². The zero-order chi connectivity index (χ0) is 30.2. The normalized spacial score (nSPS) is 11.9. The molecule has 0 N–H and O–H groups in total. The van der Waals surface area contributed by atoms with Gasteiger partial charge in [-0.1, -0.05) is 146 Å². The Morgan fingerprint density at radius 2 is 0.804 bits per heavy atom. The van der Waals surface area contributed by atoms with E-state index in [0.29, 0.717) is 0 Å². The first-order valence-corrected chi connectivity index (χ1v) is 16.0. The molecule has 9 aromatic carbocycles. The summed E-state index contributed by atoms with van der Waals surface area (Å²) < 4.78 is 0. The van der Waals surface area contributed by atoms with Crippen molar-refractivity contribution in [2.75, 3.05) is 0 Å². The van der Waals surface area contributed by atoms with Gasteiger partial charge in [0.25, 0.3) is 0 Å². The summed E-state index contributed by atoms with van der Waals surface area (Å²) in [6.45, 7) is 0. The second-order valence-electron chi connectivity index (χ2n) is 12.5. The Hall–Kier alpha value is -5.98. The molecule has 0 spiro atoms. The van der Waals surface area contributed by atoms with Crippen LogP contribution in [0.5, 0.6) is 0 Å². The number of benzene rings is 9. The highest BCUT2D eigenvalue weighted by molar-refractivity contribution is 6.23. The third-order valence-electron chi connectivity index (χ3n) is 9.96. The molecule has 0 amide bonds. The molecule has 0 bridgehead atoms. The fraction of sp³-hybridized carbons (Fsp3) is 0. The van der Waals surface area contributed by atoms with E-state index in [9.17, 15) is 0 Å². The molecule has 212 valence electrons. The average Bonchev–Trinajstić information content (AvgIpc) is 3.46. The van der Waals surface area contributed by atoms with Crippen LogP contribution < -0.4 is 0 Å². The van der Waals surface area contributed by atoms with Crippen molar-refractivity contribution >= 4 is 43.1 Å². The second-order valence-corrected chi connectivity index (χ2v) is 12.5. The van der Waals surface area contributed by atoms with Crippen LogP contribution in [0.15, 0.2) is 170 Å². The van der Waals surface area contributed by atoms with Gasteiger partial charge in [-0.2, -0.15) is 0 Å². The monoisotopic (exact) mass is 580 g/mol. The highest BCUT2D eigenvalue weighted by Crippen LogP contribution is 2.48. The third-order valence-corrected chi connectivity index (χ3v) is 9.96. The van der Waals surface area contributed by atoms with E-state index in [1.54, 1.807) is 0 Å². The van der Waals surface area contributed by atoms with E-state index in [1.807, 2.05) is 0 Å². The van der Waals surface area contributed by atoms with Crippen molar-refractivity contribution in [3.8, 4) is 55.6 Å². The van der Waals surface area contributed by atoms with Crippen molar-refractivity contribution in [2.45, 2.75) is 0 Å². The highest BCUT2D eigenvalue weighted by atomic mass is 14.2. The zero-order valence-electron chi connectivity index (χ0n) is 25.2. The first kappa shape index (κ1) is 25.4. The number of hydrogen-bond donors (Lipinski definition) is 0. The third kappa shape index (κ3) is 3.74. The molecule has 10 rings (SSSR count). The van der Waals surface area contributed by atoms with E-state index in [1.165, 1.54) is 98.7 Å². The van der Waals surface area contributed by atoms with Crippen LogP contribution >= 0.6 is 0 Å². The fourth-order valence-corrected chi connectivity index (χ4v) is 7.82. The van der Waals surface area contributed by atoms with Gasteiger partial charge in [0, 0.05) is 0 Å². The molecule has 0 unspecified atom stereocenters. The molecule has 46 heavy (non-hydrogen) atoms. The lowest BCUT2D eigenvalue weighted by atomic mass is 9.89. The lowest BCUT2D eigenvalue weighted by molar-refractivity contribution is 1.59. The van der Waals surface area contributed by atoms with Crippen molar-refractivity contribution in [1.82, 2.24) is 0 Å². The lowest BCUT2D eigenvalue weighted by Crippen LogP contribution is -1.87. The van der Waals surface area contributed by atoms with Crippen LogP contribution in [-0.4, -0.2) is 0 Å². The summed E-state index contributed by atoms with van der Waals surface area (Å²) in [5, 5.41) is 10.4. The van der Waals surface area contributed by atoms with Crippen molar-refractivity contribution in [3.05, 3.63) is 170 Å². The van der Waals surface area contributed by atoms with Crippen molar-refractivity contribution in [2.24, 2.45) is 0 Å². The van der Waals surface area contributed by atoms with Crippen LogP contribution in [0.3, 0.4) is 0 Å². The molecule has 0 aromatic heterocycles. The molecular formula is C46H28. The molecule has 1 aliphatic carbocycles. The molecule has 0 nitrogen and oxygen atoms in total. The number of hydrogen-bond acceptors (Lipinski definition) is 0. The van der Waals surface area contributed by atoms with E-state index in [0.717, 1.165) is 0 Å². The molecule has 1 aliphatic rings. The van der Waals surface area contributed by atoms with Gasteiger partial charge < -0.3 is 0 Å². The number of fused-ring (bicyclic) bond motifs is 8. The van der Waals surface area contributed by atoms with Gasteiger partial charge in [0.05, 0.1) is 0 Å². The van der Waals surface area contributed by atoms with Gasteiger partial charge in [0.2, 0.25) is 0 Å². The van der Waals surface area contributed by atoms with Crippen LogP contribution in [0.1, 0.15) is 0 Å². The van der Waals surface area contributed by atoms with Gasteiger partial charge in [-0.3, -0.25) is 0 Å². The Balaban J connectivity index is 1.06. The highest BCUT2D eigenvalue weighted by Gasteiger charge is 2.21. The maximum atomic E-state index is 2.38. The Labute approximate surface area is 267 Å². The van der Waals surface area contributed by atoms with E-state index in [-0.39, 0.29) is 0 Å². The summed E-state index contributed by atoms with van der Waals surface area (Å²) in [6.07, 6.45) is 0. The Morgan fingerprint density at radius 3 is 1.65 bits per heavy atom. The van der Waals surface area contributed by atoms with E-state index in [4.69, 9.17) is 0 Å². The Bertz CT molecular complexity index is 2670. The lowest BCUT2D eigenvalue weighted by Gasteiger charge is -2.14. The maximum Gasteiger partial charge on any atom is -0.00259 e. The molecule has 0 saturated heterocycles. The minimum absolute atomic E-state index is 1.22. The summed E-state index contributed by atoms with van der Waals surface area (Å²) in [7, 11) is 0. The fourth-order valence-electron chi connectivity index (χ4n) is 7.82. The van der Waals surface area contributed by atoms with Crippen LogP contribution in [0.2, 0.25) is 0 Å². The molecule has 9 aromatic rings. The van der Waals surface area contributed by atoms with Crippen LogP contribution in [0.25, 0.3) is 98.7 Å². The smallest absolute Gasteiger partial charge is 0.00259 e. The van der Waals surface area contributed by atoms with E-state index in [2.05, 4.69) is 170 Å². The molecule has 0 atom stereocenters. The molecular weight excluding hydrogens is 553 g/mol. The predicted octanol–water partition coefficient (Wildman–Crippen LogP) is 12.9. The Kier molecular flexibility index (Phi) is 5.38. The van der Waals surface area contributed by atoms with Gasteiger partial charge >= 0.3 is 0 Å². The van der Waals surface area contributed by atoms with Crippen molar-refractivity contribution in [1.29, 1.82) is 0 Å². The summed E-state index contributed by atoms with van der Waals surface area (Å²) in [5.41, 5.74) is 12.8. The van der Waals surface area contributed by atoms with Gasteiger partial charge in [0.1, 0.15) is 0 Å². The maximum absolute atomic E-state index is 2.38. The summed E-state index contributed by atoms with van der Waals surface area (Å²) in [6, 6.07) is 62.8. The first-order chi connectivity index (χ1) is 22.8. The minimum Gasteiger partial charge on any atom is -0.0616 e. The first-order valence-electron chi connectivity index (χ1n) is 16.0. The molecule has 0 saturated carbocycles. The quantitative estimate of drug-likeness (QED) is 0.182. The predicted molar refractivity (Wildman–Crippen MR) is 197 cm³/mol. The van der Waals surface area contributed by atoms with Gasteiger partial charge in [0.15, 0.2) is 0 Å². The minimum atomic E-state index is 1.22. The molecule has 0 fully saturated rings. The summed E-state index contributed by atoms with van der Waals surface area (Å²) in [4.78, 5) is 0. The largest absolute Gasteiger partial charge is 0.0616 e. The van der Waals surface area contributed by atoms with E-state index < -0.39 is 0 Å². The second kappa shape index (κ2) is 9.76. The van der Waals surface area contributed by atoms with Gasteiger partial charge in [-0.15, -0.1) is 0 Å². The van der Waals surface area contributed by atoms with Crippen molar-refractivity contribution < 1.29 is 0 Å². The van der Waals surface area contributed by atoms with Crippen molar-refractivity contribution in [3.63, 3.8) is 0 Å². The number of rotatable bonds is 3. The molecule has 0 radical (unpaired) electrons. The summed E-state index contributed by atoms with van der Waals surface area (Å²) >= 11 is 0. The summed E-state index contributed by atoms with van der Waals surface area (Å²) in [5.74, 6) is 0. The molecule has 0 heterocycles. The van der Waals surface area contributed by atoms with Crippen LogP contribution in [0, 0.1) is 0 Å². The topological polar surface area (TPSA) is 0 Å². The molecule has 0 aliphatic heterocycles. The van der Waals surface area contributed by atoms with Gasteiger partial charge in [-0.05, 0) is 123 Å². The van der Waals surface area contributed by atoms with E-state index >= 15 is 0 Å².